The monoisotopic (exact) mass is 297 g/mol. The van der Waals surface area contributed by atoms with Crippen molar-refractivity contribution in [1.82, 2.24) is 5.32 Å². The van der Waals surface area contributed by atoms with Crippen molar-refractivity contribution in [3.05, 3.63) is 35.9 Å². The fourth-order valence-electron chi connectivity index (χ4n) is 1.61. The normalized spacial score (nSPS) is 14.7. The highest BCUT2D eigenvalue weighted by atomic mass is 79.9. The Balaban J connectivity index is 2.63. The SMILES string of the molecule is CC(C)(NCC(Br)C(C)(C)C)c1ccccc1. The summed E-state index contributed by atoms with van der Waals surface area (Å²) in [4.78, 5) is 0.470. The smallest absolute Gasteiger partial charge is 0.0377 e. The lowest BCUT2D eigenvalue weighted by atomic mass is 9.90. The molecule has 0 radical (unpaired) electrons. The molecule has 1 N–H and O–H groups in total. The van der Waals surface area contributed by atoms with Gasteiger partial charge in [-0.25, -0.2) is 0 Å². The summed E-state index contributed by atoms with van der Waals surface area (Å²) in [7, 11) is 0. The van der Waals surface area contributed by atoms with Crippen LogP contribution >= 0.6 is 15.9 Å². The number of nitrogens with one attached hydrogen (secondary N) is 1. The van der Waals surface area contributed by atoms with E-state index in [1.807, 2.05) is 0 Å². The van der Waals surface area contributed by atoms with Crippen molar-refractivity contribution < 1.29 is 0 Å². The van der Waals surface area contributed by atoms with Crippen molar-refractivity contribution in [3.8, 4) is 0 Å². The van der Waals surface area contributed by atoms with Crippen LogP contribution in [-0.4, -0.2) is 11.4 Å². The highest BCUT2D eigenvalue weighted by Gasteiger charge is 2.25. The van der Waals surface area contributed by atoms with Crippen molar-refractivity contribution in [3.63, 3.8) is 0 Å². The Labute approximate surface area is 114 Å². The maximum atomic E-state index is 3.76. The Morgan fingerprint density at radius 3 is 2.06 bits per heavy atom. The van der Waals surface area contributed by atoms with Gasteiger partial charge in [-0.2, -0.15) is 0 Å². The minimum atomic E-state index is 0.0124. The van der Waals surface area contributed by atoms with Crippen LogP contribution in [0.4, 0.5) is 0 Å². The zero-order chi connectivity index (χ0) is 13.1. The van der Waals surface area contributed by atoms with Gasteiger partial charge < -0.3 is 5.32 Å². The molecule has 0 amide bonds. The molecular formula is C15H24BrN. The van der Waals surface area contributed by atoms with Gasteiger partial charge >= 0.3 is 0 Å². The molecule has 1 unspecified atom stereocenters. The molecule has 96 valence electrons. The minimum Gasteiger partial charge on any atom is -0.307 e. The molecule has 0 aliphatic heterocycles. The van der Waals surface area contributed by atoms with Gasteiger partial charge in [0.2, 0.25) is 0 Å². The maximum Gasteiger partial charge on any atom is 0.0377 e. The van der Waals surface area contributed by atoms with Gasteiger partial charge in [-0.15, -0.1) is 0 Å². The molecule has 0 aromatic heterocycles. The molecule has 0 aliphatic rings. The van der Waals surface area contributed by atoms with Gasteiger partial charge in [-0.05, 0) is 24.8 Å². The Hall–Kier alpha value is -0.340. The van der Waals surface area contributed by atoms with Crippen LogP contribution in [0.1, 0.15) is 40.2 Å². The minimum absolute atomic E-state index is 0.0124. The number of alkyl halides is 1. The summed E-state index contributed by atoms with van der Waals surface area (Å²) in [5, 5.41) is 3.63. The van der Waals surface area contributed by atoms with Crippen LogP contribution in [0.3, 0.4) is 0 Å². The van der Waals surface area contributed by atoms with Gasteiger partial charge in [0.05, 0.1) is 0 Å². The van der Waals surface area contributed by atoms with Crippen molar-refractivity contribution in [2.24, 2.45) is 5.41 Å². The summed E-state index contributed by atoms with van der Waals surface area (Å²) in [6, 6.07) is 10.6. The van der Waals surface area contributed by atoms with Gasteiger partial charge in [0, 0.05) is 16.9 Å². The van der Waals surface area contributed by atoms with E-state index in [0.29, 0.717) is 4.83 Å². The van der Waals surface area contributed by atoms with E-state index in [0.717, 1.165) is 6.54 Å². The van der Waals surface area contributed by atoms with Crippen LogP contribution in [0.15, 0.2) is 30.3 Å². The molecule has 1 atom stereocenters. The molecule has 0 fully saturated rings. The molecule has 0 spiro atoms. The molecule has 0 bridgehead atoms. The number of hydrogen-bond acceptors (Lipinski definition) is 1. The number of hydrogen-bond donors (Lipinski definition) is 1. The third-order valence-corrected chi connectivity index (χ3v) is 4.86. The summed E-state index contributed by atoms with van der Waals surface area (Å²) in [6.45, 7) is 12.2. The van der Waals surface area contributed by atoms with E-state index in [4.69, 9.17) is 0 Å². The second-order valence-electron chi connectivity index (χ2n) is 6.21. The fraction of sp³-hybridized carbons (Fsp3) is 0.600. The fourth-order valence-corrected chi connectivity index (χ4v) is 1.77. The van der Waals surface area contributed by atoms with E-state index in [1.165, 1.54) is 5.56 Å². The molecular weight excluding hydrogens is 274 g/mol. The third kappa shape index (κ3) is 4.44. The Kier molecular flexibility index (Phi) is 4.79. The number of rotatable bonds is 4. The second kappa shape index (κ2) is 5.53. The van der Waals surface area contributed by atoms with E-state index in [9.17, 15) is 0 Å². The Bertz CT molecular complexity index is 338. The van der Waals surface area contributed by atoms with Crippen molar-refractivity contribution in [2.75, 3.05) is 6.54 Å². The number of halogens is 1. The molecule has 0 aliphatic carbocycles. The number of benzene rings is 1. The lowest BCUT2D eigenvalue weighted by Gasteiger charge is -2.32. The van der Waals surface area contributed by atoms with Gasteiger partial charge in [0.1, 0.15) is 0 Å². The van der Waals surface area contributed by atoms with Gasteiger partial charge in [0.25, 0.3) is 0 Å². The van der Waals surface area contributed by atoms with E-state index in [1.54, 1.807) is 0 Å². The van der Waals surface area contributed by atoms with E-state index < -0.39 is 0 Å². The Morgan fingerprint density at radius 1 is 1.06 bits per heavy atom. The first-order valence-electron chi connectivity index (χ1n) is 6.18. The predicted molar refractivity (Wildman–Crippen MR) is 79.6 cm³/mol. The van der Waals surface area contributed by atoms with Crippen LogP contribution in [0.25, 0.3) is 0 Å². The molecule has 0 heterocycles. The highest BCUT2D eigenvalue weighted by Crippen LogP contribution is 2.27. The van der Waals surface area contributed by atoms with Crippen LogP contribution in [0.5, 0.6) is 0 Å². The van der Waals surface area contributed by atoms with Gasteiger partial charge in [0.15, 0.2) is 0 Å². The standard InChI is InChI=1S/C15H24BrN/c1-14(2,3)13(16)11-17-15(4,5)12-9-7-6-8-10-12/h6-10,13,17H,11H2,1-5H3. The summed E-state index contributed by atoms with van der Waals surface area (Å²) in [5.41, 5.74) is 1.62. The van der Waals surface area contributed by atoms with Crippen LogP contribution < -0.4 is 5.32 Å². The van der Waals surface area contributed by atoms with Crippen LogP contribution in [0.2, 0.25) is 0 Å². The summed E-state index contributed by atoms with van der Waals surface area (Å²) in [5.74, 6) is 0. The van der Waals surface area contributed by atoms with Crippen molar-refractivity contribution in [1.29, 1.82) is 0 Å². The Morgan fingerprint density at radius 2 is 1.59 bits per heavy atom. The summed E-state index contributed by atoms with van der Waals surface area (Å²) < 4.78 is 0. The first kappa shape index (κ1) is 14.7. The average molecular weight is 298 g/mol. The van der Waals surface area contributed by atoms with Gasteiger partial charge in [-0.3, -0.25) is 0 Å². The van der Waals surface area contributed by atoms with Crippen LogP contribution in [-0.2, 0) is 5.54 Å². The maximum absolute atomic E-state index is 3.76. The molecule has 0 saturated heterocycles. The lowest BCUT2D eigenvalue weighted by Crippen LogP contribution is -2.42. The largest absolute Gasteiger partial charge is 0.307 e. The van der Waals surface area contributed by atoms with E-state index in [-0.39, 0.29) is 11.0 Å². The molecule has 2 heteroatoms. The topological polar surface area (TPSA) is 12.0 Å². The molecule has 1 aromatic carbocycles. The molecule has 17 heavy (non-hydrogen) atoms. The molecule has 0 saturated carbocycles. The molecule has 1 aromatic rings. The molecule has 1 rings (SSSR count). The third-order valence-electron chi connectivity index (χ3n) is 3.16. The van der Waals surface area contributed by atoms with Gasteiger partial charge in [-0.1, -0.05) is 67.0 Å². The molecule has 1 nitrogen and oxygen atoms in total. The zero-order valence-electron chi connectivity index (χ0n) is 11.5. The summed E-state index contributed by atoms with van der Waals surface area (Å²) >= 11 is 3.76. The summed E-state index contributed by atoms with van der Waals surface area (Å²) in [6.07, 6.45) is 0. The highest BCUT2D eigenvalue weighted by molar-refractivity contribution is 9.09. The zero-order valence-corrected chi connectivity index (χ0v) is 13.1. The van der Waals surface area contributed by atoms with E-state index in [2.05, 4.69) is 86.2 Å². The predicted octanol–water partition coefficient (Wildman–Crippen LogP) is 4.32. The van der Waals surface area contributed by atoms with Crippen molar-refractivity contribution >= 4 is 15.9 Å². The van der Waals surface area contributed by atoms with E-state index >= 15 is 0 Å². The second-order valence-corrected chi connectivity index (χ2v) is 7.31. The van der Waals surface area contributed by atoms with Crippen molar-refractivity contribution in [2.45, 2.75) is 45.0 Å². The first-order chi connectivity index (χ1) is 7.73. The average Bonchev–Trinajstić information content (AvgIpc) is 2.26. The quantitative estimate of drug-likeness (QED) is 0.816. The van der Waals surface area contributed by atoms with Crippen LogP contribution in [0, 0.1) is 5.41 Å². The lowest BCUT2D eigenvalue weighted by molar-refractivity contribution is 0.337. The first-order valence-corrected chi connectivity index (χ1v) is 7.10.